The van der Waals surface area contributed by atoms with Crippen molar-refractivity contribution in [3.63, 3.8) is 0 Å². The van der Waals surface area contributed by atoms with Gasteiger partial charge in [0, 0.05) is 31.6 Å². The molecule has 0 unspecified atom stereocenters. The van der Waals surface area contributed by atoms with E-state index in [0.29, 0.717) is 23.3 Å². The monoisotopic (exact) mass is 394 g/mol. The fourth-order valence-corrected chi connectivity index (χ4v) is 4.53. The number of hydrogen-bond acceptors (Lipinski definition) is 4. The highest BCUT2D eigenvalue weighted by molar-refractivity contribution is 6.01. The van der Waals surface area contributed by atoms with E-state index in [0.717, 1.165) is 37.1 Å². The van der Waals surface area contributed by atoms with Crippen LogP contribution in [0, 0.1) is 11.3 Å². The van der Waals surface area contributed by atoms with E-state index in [1.807, 2.05) is 42.5 Å². The van der Waals surface area contributed by atoms with E-state index in [4.69, 9.17) is 10.00 Å². The Bertz CT molecular complexity index is 1140. The molecule has 3 aromatic rings. The van der Waals surface area contributed by atoms with Gasteiger partial charge in [-0.1, -0.05) is 36.4 Å². The summed E-state index contributed by atoms with van der Waals surface area (Å²) in [6.07, 6.45) is 2.09. The minimum Gasteiger partial charge on any atom is -0.486 e. The maximum Gasteiger partial charge on any atom is 0.170 e. The molecule has 1 spiro atoms. The Morgan fingerprint density at radius 3 is 2.43 bits per heavy atom. The van der Waals surface area contributed by atoms with Crippen molar-refractivity contribution in [3.05, 3.63) is 83.9 Å². The highest BCUT2D eigenvalue weighted by Gasteiger charge is 2.43. The Morgan fingerprint density at radius 2 is 1.67 bits per heavy atom. The van der Waals surface area contributed by atoms with Crippen LogP contribution in [0.5, 0.6) is 5.75 Å². The van der Waals surface area contributed by atoms with E-state index in [9.17, 15) is 4.79 Å². The molecule has 4 heteroatoms. The van der Waals surface area contributed by atoms with Gasteiger partial charge in [-0.2, -0.15) is 5.26 Å². The number of carbonyl (C=O) groups excluding carboxylic acids is 1. The predicted octanol–water partition coefficient (Wildman–Crippen LogP) is 5.23. The second-order valence-electron chi connectivity index (χ2n) is 8.11. The van der Waals surface area contributed by atoms with Gasteiger partial charge in [-0.3, -0.25) is 4.79 Å². The van der Waals surface area contributed by atoms with Crippen molar-refractivity contribution in [2.45, 2.75) is 24.9 Å². The lowest BCUT2D eigenvalue weighted by atomic mass is 9.82. The number of benzene rings is 3. The first-order valence-electron chi connectivity index (χ1n) is 10.3. The molecule has 2 aliphatic heterocycles. The van der Waals surface area contributed by atoms with Crippen LogP contribution in [0.3, 0.4) is 0 Å². The van der Waals surface area contributed by atoms with Crippen LogP contribution in [-0.4, -0.2) is 24.5 Å². The van der Waals surface area contributed by atoms with E-state index in [2.05, 4.69) is 35.2 Å². The lowest BCUT2D eigenvalue weighted by Gasteiger charge is -2.44. The Morgan fingerprint density at radius 1 is 0.900 bits per heavy atom. The molecular weight excluding hydrogens is 372 g/mol. The number of piperidine rings is 1. The molecule has 0 amide bonds. The minimum absolute atomic E-state index is 0.141. The van der Waals surface area contributed by atoms with Crippen LogP contribution < -0.4 is 9.64 Å². The molecule has 0 N–H and O–H groups in total. The summed E-state index contributed by atoms with van der Waals surface area (Å²) in [7, 11) is 0. The first-order valence-corrected chi connectivity index (χ1v) is 10.3. The normalized spacial score (nSPS) is 17.2. The summed E-state index contributed by atoms with van der Waals surface area (Å²) in [6.45, 7) is 1.76. The molecule has 0 bridgehead atoms. The van der Waals surface area contributed by atoms with Crippen molar-refractivity contribution in [2.75, 3.05) is 18.0 Å². The average Bonchev–Trinajstić information content (AvgIpc) is 2.80. The smallest absolute Gasteiger partial charge is 0.170 e. The average molecular weight is 394 g/mol. The summed E-state index contributed by atoms with van der Waals surface area (Å²) >= 11 is 0. The zero-order valence-corrected chi connectivity index (χ0v) is 16.7. The van der Waals surface area contributed by atoms with Crippen molar-refractivity contribution in [1.29, 1.82) is 5.26 Å². The quantitative estimate of drug-likeness (QED) is 0.597. The fraction of sp³-hybridized carbons (Fsp3) is 0.231. The van der Waals surface area contributed by atoms with E-state index in [1.165, 1.54) is 5.69 Å². The van der Waals surface area contributed by atoms with Gasteiger partial charge in [0.1, 0.15) is 11.4 Å². The molecule has 1 saturated heterocycles. The highest BCUT2D eigenvalue weighted by Crippen LogP contribution is 2.41. The lowest BCUT2D eigenvalue weighted by Crippen LogP contribution is -2.51. The molecule has 0 saturated carbocycles. The number of Topliss-reactive ketones (excluding diaryl/α,β-unsaturated/α-hetero) is 1. The van der Waals surface area contributed by atoms with Gasteiger partial charge in [0.2, 0.25) is 0 Å². The molecule has 1 fully saturated rings. The predicted molar refractivity (Wildman–Crippen MR) is 117 cm³/mol. The number of nitrogens with zero attached hydrogens (tertiary/aromatic N) is 2. The second kappa shape index (κ2) is 7.35. The number of ether oxygens (including phenoxy) is 1. The third-order valence-corrected chi connectivity index (χ3v) is 6.21. The summed E-state index contributed by atoms with van der Waals surface area (Å²) in [6, 6.07) is 25.8. The van der Waals surface area contributed by atoms with Crippen LogP contribution in [0.15, 0.2) is 72.8 Å². The molecule has 148 valence electrons. The van der Waals surface area contributed by atoms with E-state index in [1.54, 1.807) is 6.07 Å². The number of para-hydroxylation sites is 1. The number of ketones is 1. The SMILES string of the molecule is N#Cc1cccc(-c2ccc3c(c2)C(=O)CC2(CCN(c4ccccc4)CC2)O3)c1. The van der Waals surface area contributed by atoms with Gasteiger partial charge in [-0.05, 0) is 47.5 Å². The van der Waals surface area contributed by atoms with Gasteiger partial charge in [0.15, 0.2) is 5.78 Å². The number of carbonyl (C=O) groups is 1. The molecule has 30 heavy (non-hydrogen) atoms. The molecule has 0 aromatic heterocycles. The molecule has 3 aromatic carbocycles. The lowest BCUT2D eigenvalue weighted by molar-refractivity contribution is 0.0232. The van der Waals surface area contributed by atoms with Crippen molar-refractivity contribution >= 4 is 11.5 Å². The first-order chi connectivity index (χ1) is 14.7. The Balaban J connectivity index is 1.37. The molecule has 0 radical (unpaired) electrons. The van der Waals surface area contributed by atoms with Gasteiger partial charge in [0.25, 0.3) is 0 Å². The van der Waals surface area contributed by atoms with Crippen molar-refractivity contribution in [3.8, 4) is 22.9 Å². The topological polar surface area (TPSA) is 53.3 Å². The summed E-state index contributed by atoms with van der Waals surface area (Å²) < 4.78 is 6.45. The first kappa shape index (κ1) is 18.4. The molecular formula is C26H22N2O2. The van der Waals surface area contributed by atoms with E-state index < -0.39 is 5.60 Å². The standard InChI is InChI=1S/C26H22N2O2/c27-18-19-5-4-6-20(15-19)21-9-10-25-23(16-21)24(29)17-26(30-25)11-13-28(14-12-26)22-7-2-1-3-8-22/h1-10,15-16H,11-14,17H2. The largest absolute Gasteiger partial charge is 0.486 e. The summed E-state index contributed by atoms with van der Waals surface area (Å²) in [4.78, 5) is 15.4. The molecule has 2 heterocycles. The number of hydrogen-bond donors (Lipinski definition) is 0. The number of fused-ring (bicyclic) bond motifs is 1. The number of anilines is 1. The maximum absolute atomic E-state index is 13.1. The molecule has 0 aliphatic carbocycles. The van der Waals surface area contributed by atoms with Crippen LogP contribution in [0.25, 0.3) is 11.1 Å². The second-order valence-corrected chi connectivity index (χ2v) is 8.11. The van der Waals surface area contributed by atoms with E-state index in [-0.39, 0.29) is 5.78 Å². The van der Waals surface area contributed by atoms with Gasteiger partial charge in [-0.15, -0.1) is 0 Å². The minimum atomic E-state index is -0.405. The van der Waals surface area contributed by atoms with Crippen molar-refractivity contribution in [2.24, 2.45) is 0 Å². The van der Waals surface area contributed by atoms with Gasteiger partial charge < -0.3 is 9.64 Å². The number of nitriles is 1. The van der Waals surface area contributed by atoms with Gasteiger partial charge >= 0.3 is 0 Å². The van der Waals surface area contributed by atoms with Crippen LogP contribution in [0.2, 0.25) is 0 Å². The Labute approximate surface area is 176 Å². The molecule has 0 atom stereocenters. The van der Waals surface area contributed by atoms with Crippen molar-refractivity contribution in [1.82, 2.24) is 0 Å². The van der Waals surface area contributed by atoms with Crippen LogP contribution >= 0.6 is 0 Å². The third kappa shape index (κ3) is 3.33. The number of rotatable bonds is 2. The van der Waals surface area contributed by atoms with Crippen LogP contribution in [0.4, 0.5) is 5.69 Å². The fourth-order valence-electron chi connectivity index (χ4n) is 4.53. The zero-order valence-electron chi connectivity index (χ0n) is 16.7. The molecule has 5 rings (SSSR count). The van der Waals surface area contributed by atoms with Gasteiger partial charge in [0.05, 0.1) is 23.6 Å². The Hall–Kier alpha value is -3.58. The van der Waals surface area contributed by atoms with Crippen LogP contribution in [-0.2, 0) is 0 Å². The summed E-state index contributed by atoms with van der Waals surface area (Å²) in [5.74, 6) is 0.822. The Kier molecular flexibility index (Phi) is 4.52. The van der Waals surface area contributed by atoms with Gasteiger partial charge in [-0.25, -0.2) is 0 Å². The van der Waals surface area contributed by atoms with Crippen molar-refractivity contribution < 1.29 is 9.53 Å². The molecule has 4 nitrogen and oxygen atoms in total. The van der Waals surface area contributed by atoms with Crippen LogP contribution in [0.1, 0.15) is 35.2 Å². The maximum atomic E-state index is 13.1. The zero-order chi connectivity index (χ0) is 20.6. The highest BCUT2D eigenvalue weighted by atomic mass is 16.5. The summed E-state index contributed by atoms with van der Waals surface area (Å²) in [5.41, 5.74) is 3.93. The summed E-state index contributed by atoms with van der Waals surface area (Å²) in [5, 5.41) is 9.15. The third-order valence-electron chi connectivity index (χ3n) is 6.21. The molecule has 2 aliphatic rings. The van der Waals surface area contributed by atoms with E-state index >= 15 is 0 Å².